The maximum atomic E-state index is 12.1. The van der Waals surface area contributed by atoms with E-state index in [1.54, 1.807) is 0 Å². The van der Waals surface area contributed by atoms with Gasteiger partial charge in [-0.15, -0.1) is 0 Å². The second-order valence-corrected chi connectivity index (χ2v) is 5.38. The molecule has 1 saturated carbocycles. The fourth-order valence-electron chi connectivity index (χ4n) is 2.76. The van der Waals surface area contributed by atoms with Crippen LogP contribution in [-0.2, 0) is 9.53 Å². The molecule has 1 unspecified atom stereocenters. The number of carbonyl (C=O) groups excluding carboxylic acids is 2. The van der Waals surface area contributed by atoms with E-state index in [0.717, 1.165) is 12.8 Å². The van der Waals surface area contributed by atoms with Gasteiger partial charge in [-0.1, -0.05) is 46.0 Å². The number of rotatable bonds is 5. The van der Waals surface area contributed by atoms with Crippen LogP contribution in [0.5, 0.6) is 0 Å². The van der Waals surface area contributed by atoms with Crippen LogP contribution in [0.25, 0.3) is 0 Å². The van der Waals surface area contributed by atoms with Gasteiger partial charge in [0.25, 0.3) is 5.91 Å². The van der Waals surface area contributed by atoms with Gasteiger partial charge in [0.2, 0.25) is 0 Å². The summed E-state index contributed by atoms with van der Waals surface area (Å²) in [5.74, 6) is -0.336. The Bertz CT molecular complexity index is 479. The Morgan fingerprint density at radius 1 is 1.30 bits per heavy atom. The van der Waals surface area contributed by atoms with Crippen molar-refractivity contribution in [2.24, 2.45) is 5.92 Å². The van der Waals surface area contributed by atoms with E-state index in [0.29, 0.717) is 12.3 Å². The molecule has 1 aliphatic rings. The lowest BCUT2D eigenvalue weighted by atomic mass is 9.85. The third kappa shape index (κ3) is 6.34. The fraction of sp³-hybridized carbons (Fsp3) is 0.647. The second kappa shape index (κ2) is 10.7. The minimum atomic E-state index is -0.618. The van der Waals surface area contributed by atoms with E-state index in [1.165, 1.54) is 45.0 Å². The van der Waals surface area contributed by atoms with Crippen LogP contribution < -0.4 is 5.32 Å². The molecule has 1 aliphatic carbocycles. The van der Waals surface area contributed by atoms with Gasteiger partial charge in [-0.25, -0.2) is 9.78 Å². The zero-order valence-corrected chi connectivity index (χ0v) is 14.2. The smallest absolute Gasteiger partial charge is 0.328 e. The highest BCUT2D eigenvalue weighted by atomic mass is 16.5. The molecule has 0 aromatic carbocycles. The molecule has 0 spiro atoms. The minimum Gasteiger partial charge on any atom is -0.467 e. The number of aromatic nitrogens is 2. The summed E-state index contributed by atoms with van der Waals surface area (Å²) in [6.45, 7) is 4.00. The van der Waals surface area contributed by atoms with Crippen molar-refractivity contribution >= 4 is 11.9 Å². The average Bonchev–Trinajstić information content (AvgIpc) is 2.63. The van der Waals surface area contributed by atoms with Gasteiger partial charge in [0.15, 0.2) is 0 Å². The first kappa shape index (κ1) is 19.1. The van der Waals surface area contributed by atoms with E-state index < -0.39 is 17.9 Å². The molecule has 6 nitrogen and oxygen atoms in total. The lowest BCUT2D eigenvalue weighted by molar-refractivity contribution is -0.143. The lowest BCUT2D eigenvalue weighted by Gasteiger charge is -2.25. The normalized spacial score (nSPS) is 15.8. The summed E-state index contributed by atoms with van der Waals surface area (Å²) >= 11 is 0. The van der Waals surface area contributed by atoms with Gasteiger partial charge in [0, 0.05) is 13.8 Å². The summed E-state index contributed by atoms with van der Waals surface area (Å²) in [5, 5.41) is 2.72. The monoisotopic (exact) mass is 323 g/mol. The number of carbonyl (C=O) groups is 2. The van der Waals surface area contributed by atoms with E-state index in [4.69, 9.17) is 4.74 Å². The molecule has 6 heteroatoms. The maximum Gasteiger partial charge on any atom is 0.328 e. The molecule has 0 saturated heterocycles. The van der Waals surface area contributed by atoms with Gasteiger partial charge in [-0.2, -0.15) is 0 Å². The number of nitrogens with zero attached hydrogens (tertiary/aromatic N) is 2. The van der Waals surface area contributed by atoms with Crippen molar-refractivity contribution in [2.45, 2.75) is 58.4 Å². The molecule has 0 bridgehead atoms. The highest BCUT2D eigenvalue weighted by Crippen LogP contribution is 2.27. The number of esters is 1. The molecule has 1 heterocycles. The molecule has 0 aliphatic heterocycles. The van der Waals surface area contributed by atoms with Crippen molar-refractivity contribution in [1.29, 1.82) is 0 Å². The largest absolute Gasteiger partial charge is 0.467 e. The standard InChI is InChI=1S/C15H21N3O3.C2H6.H2/c1-21-15(20)12(9-11-5-3-2-4-6-11)18-14(19)13-10-16-7-8-17-13;1-2;/h7-8,10-12H,2-6,9H2,1H3,(H,18,19);1-2H3;1H. The molecular weight excluding hydrogens is 294 g/mol. The van der Waals surface area contributed by atoms with Crippen LogP contribution in [0.15, 0.2) is 18.6 Å². The van der Waals surface area contributed by atoms with Crippen LogP contribution in [0.2, 0.25) is 0 Å². The molecule has 2 rings (SSSR count). The number of hydrogen-bond donors (Lipinski definition) is 1. The zero-order valence-electron chi connectivity index (χ0n) is 14.2. The molecule has 1 atom stereocenters. The first-order valence-corrected chi connectivity index (χ1v) is 8.35. The molecule has 1 N–H and O–H groups in total. The van der Waals surface area contributed by atoms with Gasteiger partial charge >= 0.3 is 5.97 Å². The fourth-order valence-corrected chi connectivity index (χ4v) is 2.76. The molecule has 1 amide bonds. The quantitative estimate of drug-likeness (QED) is 0.842. The Labute approximate surface area is 139 Å². The van der Waals surface area contributed by atoms with E-state index in [9.17, 15) is 9.59 Å². The Morgan fingerprint density at radius 2 is 2.00 bits per heavy atom. The molecule has 0 radical (unpaired) electrons. The van der Waals surface area contributed by atoms with E-state index >= 15 is 0 Å². The number of amides is 1. The van der Waals surface area contributed by atoms with Crippen molar-refractivity contribution < 1.29 is 15.8 Å². The summed E-state index contributed by atoms with van der Waals surface area (Å²) in [4.78, 5) is 31.8. The molecule has 1 aromatic heterocycles. The number of nitrogens with one attached hydrogen (secondary N) is 1. The third-order valence-electron chi connectivity index (χ3n) is 3.88. The molecule has 1 fully saturated rings. The molecular formula is C17H29N3O3. The Kier molecular flexibility index (Phi) is 8.87. The predicted molar refractivity (Wildman–Crippen MR) is 90.0 cm³/mol. The number of methoxy groups -OCH3 is 1. The van der Waals surface area contributed by atoms with Gasteiger partial charge in [0.05, 0.1) is 13.3 Å². The van der Waals surface area contributed by atoms with Crippen molar-refractivity contribution in [3.63, 3.8) is 0 Å². The van der Waals surface area contributed by atoms with Crippen molar-refractivity contribution in [2.75, 3.05) is 7.11 Å². The van der Waals surface area contributed by atoms with Crippen LogP contribution >= 0.6 is 0 Å². The van der Waals surface area contributed by atoms with Crippen molar-refractivity contribution in [3.8, 4) is 0 Å². The van der Waals surface area contributed by atoms with Gasteiger partial charge in [-0.3, -0.25) is 9.78 Å². The van der Waals surface area contributed by atoms with Gasteiger partial charge in [0.1, 0.15) is 11.7 Å². The van der Waals surface area contributed by atoms with E-state index in [1.807, 2.05) is 13.8 Å². The van der Waals surface area contributed by atoms with Gasteiger partial charge < -0.3 is 10.1 Å². The van der Waals surface area contributed by atoms with Crippen LogP contribution in [0.1, 0.15) is 64.3 Å². The summed E-state index contributed by atoms with van der Waals surface area (Å²) in [7, 11) is 1.34. The SMILES string of the molecule is CC.COC(=O)C(CC1CCCCC1)NC(=O)c1cnccn1.[HH]. The predicted octanol–water partition coefficient (Wildman–Crippen LogP) is 2.99. The molecule has 130 valence electrons. The zero-order chi connectivity index (χ0) is 17.1. The van der Waals surface area contributed by atoms with Crippen LogP contribution in [0.3, 0.4) is 0 Å². The molecule has 1 aromatic rings. The highest BCUT2D eigenvalue weighted by Gasteiger charge is 2.27. The van der Waals surface area contributed by atoms with Crippen LogP contribution in [-0.4, -0.2) is 35.0 Å². The maximum absolute atomic E-state index is 12.1. The van der Waals surface area contributed by atoms with Crippen molar-refractivity contribution in [1.82, 2.24) is 15.3 Å². The lowest BCUT2D eigenvalue weighted by Crippen LogP contribution is -2.43. The van der Waals surface area contributed by atoms with Crippen LogP contribution in [0, 0.1) is 5.92 Å². The first-order chi connectivity index (χ1) is 11.2. The third-order valence-corrected chi connectivity index (χ3v) is 3.88. The number of hydrogen-bond acceptors (Lipinski definition) is 5. The summed E-state index contributed by atoms with van der Waals surface area (Å²) in [5.41, 5.74) is 0.204. The minimum absolute atomic E-state index is 0. The second-order valence-electron chi connectivity index (χ2n) is 5.38. The number of ether oxygens (including phenoxy) is 1. The van der Waals surface area contributed by atoms with Crippen LogP contribution in [0.4, 0.5) is 0 Å². The van der Waals surface area contributed by atoms with E-state index in [2.05, 4.69) is 15.3 Å². The summed E-state index contributed by atoms with van der Waals surface area (Å²) in [6.07, 6.45) is 10.8. The summed E-state index contributed by atoms with van der Waals surface area (Å²) in [6, 6.07) is -0.618. The Morgan fingerprint density at radius 3 is 2.57 bits per heavy atom. The van der Waals surface area contributed by atoms with Gasteiger partial charge in [-0.05, 0) is 12.3 Å². The topological polar surface area (TPSA) is 81.2 Å². The van der Waals surface area contributed by atoms with Crippen molar-refractivity contribution in [3.05, 3.63) is 24.3 Å². The van der Waals surface area contributed by atoms with E-state index in [-0.39, 0.29) is 7.12 Å². The Balaban J connectivity index is 0.00000170. The molecule has 23 heavy (non-hydrogen) atoms. The highest BCUT2D eigenvalue weighted by molar-refractivity contribution is 5.94. The average molecular weight is 323 g/mol. The Hall–Kier alpha value is -1.98. The summed E-state index contributed by atoms with van der Waals surface area (Å²) < 4.78 is 4.80. The first-order valence-electron chi connectivity index (χ1n) is 8.35.